The first-order chi connectivity index (χ1) is 18.0. The van der Waals surface area contributed by atoms with Crippen molar-refractivity contribution in [3.8, 4) is 0 Å². The first-order valence-electron chi connectivity index (χ1n) is 12.5. The third kappa shape index (κ3) is 3.73. The van der Waals surface area contributed by atoms with Crippen molar-refractivity contribution in [1.82, 2.24) is 10.2 Å². The maximum Gasteiger partial charge on any atom is 0.326 e. The van der Waals surface area contributed by atoms with E-state index in [1.807, 2.05) is 85.8 Å². The minimum atomic E-state index is -0.787. The van der Waals surface area contributed by atoms with Crippen LogP contribution in [0, 0.1) is 11.8 Å². The Kier molecular flexibility index (Phi) is 5.63. The molecule has 3 aromatic carbocycles. The molecule has 1 saturated heterocycles. The van der Waals surface area contributed by atoms with Gasteiger partial charge in [-0.2, -0.15) is 0 Å². The Bertz CT molecular complexity index is 1300. The molecule has 7 nitrogen and oxygen atoms in total. The Hall–Kier alpha value is -4.26. The van der Waals surface area contributed by atoms with Gasteiger partial charge in [0.2, 0.25) is 11.8 Å². The second kappa shape index (κ2) is 9.00. The topological polar surface area (TPSA) is 92.8 Å². The van der Waals surface area contributed by atoms with Crippen molar-refractivity contribution >= 4 is 23.7 Å². The van der Waals surface area contributed by atoms with Crippen molar-refractivity contribution in [1.29, 1.82) is 0 Å². The fourth-order valence-corrected chi connectivity index (χ4v) is 6.32. The van der Waals surface area contributed by atoms with Crippen LogP contribution in [0.1, 0.15) is 52.6 Å². The van der Waals surface area contributed by atoms with Gasteiger partial charge in [-0.1, -0.05) is 78.9 Å². The van der Waals surface area contributed by atoms with Gasteiger partial charge in [-0.3, -0.25) is 24.1 Å². The van der Waals surface area contributed by atoms with Gasteiger partial charge in [-0.15, -0.1) is 0 Å². The quantitative estimate of drug-likeness (QED) is 0.419. The predicted octanol–water partition coefficient (Wildman–Crippen LogP) is 3.30. The number of imide groups is 1. The number of carbonyl (C=O) groups excluding carboxylic acids is 4. The van der Waals surface area contributed by atoms with E-state index in [1.54, 1.807) is 0 Å². The van der Waals surface area contributed by atoms with Crippen LogP contribution in [-0.2, 0) is 23.9 Å². The Morgan fingerprint density at radius 3 is 1.73 bits per heavy atom. The van der Waals surface area contributed by atoms with E-state index in [0.29, 0.717) is 0 Å². The Labute approximate surface area is 214 Å². The smallest absolute Gasteiger partial charge is 0.326 e. The van der Waals surface area contributed by atoms with Crippen molar-refractivity contribution < 1.29 is 23.9 Å². The van der Waals surface area contributed by atoms with Crippen molar-refractivity contribution in [2.24, 2.45) is 11.8 Å². The molecule has 4 aliphatic rings. The van der Waals surface area contributed by atoms with Crippen LogP contribution in [0.4, 0.5) is 0 Å². The molecule has 0 aromatic heterocycles. The molecule has 7 heteroatoms. The summed E-state index contributed by atoms with van der Waals surface area (Å²) in [6, 6.07) is 25.1. The van der Waals surface area contributed by atoms with Crippen molar-refractivity contribution in [3.05, 3.63) is 107 Å². The van der Waals surface area contributed by atoms with Crippen molar-refractivity contribution in [3.63, 3.8) is 0 Å². The predicted molar refractivity (Wildman–Crippen MR) is 134 cm³/mol. The Morgan fingerprint density at radius 2 is 1.24 bits per heavy atom. The number of ether oxygens (including phenoxy) is 1. The van der Waals surface area contributed by atoms with E-state index in [4.69, 9.17) is 4.74 Å². The number of carbonyl (C=O) groups is 4. The summed E-state index contributed by atoms with van der Waals surface area (Å²) in [5, 5.41) is 2.78. The third-order valence-electron chi connectivity index (χ3n) is 7.87. The van der Waals surface area contributed by atoms with E-state index in [0.717, 1.165) is 32.7 Å². The van der Waals surface area contributed by atoms with Gasteiger partial charge in [0, 0.05) is 11.8 Å². The van der Waals surface area contributed by atoms with Crippen molar-refractivity contribution in [2.75, 3.05) is 13.2 Å². The molecule has 1 aliphatic heterocycles. The van der Waals surface area contributed by atoms with Crippen LogP contribution in [0.2, 0.25) is 0 Å². The van der Waals surface area contributed by atoms with Gasteiger partial charge in [-0.25, -0.2) is 0 Å². The molecule has 3 aromatic rings. The summed E-state index contributed by atoms with van der Waals surface area (Å²) in [6.07, 6.45) is 0. The van der Waals surface area contributed by atoms with E-state index >= 15 is 0 Å². The number of esters is 1. The summed E-state index contributed by atoms with van der Waals surface area (Å²) in [4.78, 5) is 53.1. The SMILES string of the molecule is C[C@H](NC(=O)COC(=O)CN1C(=O)[C@@H]2C3c4ccccc4C(c4ccccc43)[C@@H]2C1=O)c1ccccc1. The molecule has 37 heavy (non-hydrogen) atoms. The van der Waals surface area contributed by atoms with Gasteiger partial charge in [0.25, 0.3) is 5.91 Å². The molecule has 0 spiro atoms. The largest absolute Gasteiger partial charge is 0.454 e. The molecule has 0 saturated carbocycles. The molecule has 7 rings (SSSR count). The summed E-state index contributed by atoms with van der Waals surface area (Å²) >= 11 is 0. The van der Waals surface area contributed by atoms with Crippen LogP contribution >= 0.6 is 0 Å². The standard InChI is InChI=1S/C30H26N2O5/c1-17(18-9-3-2-4-10-18)31-23(33)16-37-24(34)15-32-29(35)27-25-19-11-5-6-12-20(19)26(28(27)30(32)36)22-14-8-7-13-21(22)25/h2-14,17,25-28H,15-16H2,1H3,(H,31,33)/t17-,25?,26?,27-,28+/m0/s1. The second-order valence-electron chi connectivity index (χ2n) is 9.89. The van der Waals surface area contributed by atoms with Crippen LogP contribution in [-0.4, -0.2) is 41.7 Å². The van der Waals surface area contributed by atoms with E-state index < -0.39 is 36.9 Å². The highest BCUT2D eigenvalue weighted by Gasteiger charge is 2.61. The molecule has 0 radical (unpaired) electrons. The summed E-state index contributed by atoms with van der Waals surface area (Å²) in [5.41, 5.74) is 5.21. The lowest BCUT2D eigenvalue weighted by molar-refractivity contribution is -0.155. The third-order valence-corrected chi connectivity index (χ3v) is 7.87. The summed E-state index contributed by atoms with van der Waals surface area (Å²) in [7, 11) is 0. The molecule has 3 atom stereocenters. The lowest BCUT2D eigenvalue weighted by Gasteiger charge is -2.45. The van der Waals surface area contributed by atoms with Crippen molar-refractivity contribution in [2.45, 2.75) is 24.8 Å². The molecule has 0 unspecified atom stereocenters. The number of benzene rings is 3. The van der Waals surface area contributed by atoms with Gasteiger partial charge < -0.3 is 10.1 Å². The molecular weight excluding hydrogens is 468 g/mol. The number of nitrogens with one attached hydrogen (secondary N) is 1. The molecule has 1 fully saturated rings. The first kappa shape index (κ1) is 23.2. The van der Waals surface area contributed by atoms with Crippen LogP contribution in [0.3, 0.4) is 0 Å². The monoisotopic (exact) mass is 494 g/mol. The summed E-state index contributed by atoms with van der Waals surface area (Å²) in [6.45, 7) is 0.849. The molecule has 186 valence electrons. The average Bonchev–Trinajstić information content (AvgIpc) is 3.17. The number of amides is 3. The molecule has 3 amide bonds. The molecule has 2 bridgehead atoms. The summed E-state index contributed by atoms with van der Waals surface area (Å²) in [5.74, 6) is -3.52. The van der Waals surface area contributed by atoms with Gasteiger partial charge in [0.15, 0.2) is 6.61 Å². The maximum atomic E-state index is 13.6. The summed E-state index contributed by atoms with van der Waals surface area (Å²) < 4.78 is 5.15. The lowest BCUT2D eigenvalue weighted by Crippen LogP contribution is -2.41. The molecule has 3 aliphatic carbocycles. The van der Waals surface area contributed by atoms with Gasteiger partial charge in [0.1, 0.15) is 6.54 Å². The number of nitrogens with zero attached hydrogens (tertiary/aromatic N) is 1. The zero-order valence-corrected chi connectivity index (χ0v) is 20.3. The molecule has 1 heterocycles. The molecule has 1 N–H and O–H groups in total. The number of rotatable bonds is 6. The van der Waals surface area contributed by atoms with E-state index in [9.17, 15) is 19.2 Å². The normalized spacial score (nSPS) is 23.6. The van der Waals surface area contributed by atoms with Gasteiger partial charge in [0.05, 0.1) is 17.9 Å². The Balaban J connectivity index is 1.16. The second-order valence-corrected chi connectivity index (χ2v) is 9.89. The number of hydrogen-bond donors (Lipinski definition) is 1. The number of likely N-dealkylation sites (tertiary alicyclic amines) is 1. The van der Waals surface area contributed by atoms with E-state index in [2.05, 4.69) is 5.32 Å². The average molecular weight is 495 g/mol. The zero-order valence-electron chi connectivity index (χ0n) is 20.3. The number of hydrogen-bond acceptors (Lipinski definition) is 5. The fraction of sp³-hybridized carbons (Fsp3) is 0.267. The van der Waals surface area contributed by atoms with E-state index in [-0.39, 0.29) is 29.7 Å². The van der Waals surface area contributed by atoms with Crippen LogP contribution in [0.5, 0.6) is 0 Å². The first-order valence-corrected chi connectivity index (χ1v) is 12.5. The van der Waals surface area contributed by atoms with Crippen LogP contribution < -0.4 is 5.32 Å². The van der Waals surface area contributed by atoms with E-state index in [1.165, 1.54) is 0 Å². The van der Waals surface area contributed by atoms with Gasteiger partial charge >= 0.3 is 5.97 Å². The van der Waals surface area contributed by atoms with Gasteiger partial charge in [-0.05, 0) is 34.7 Å². The van der Waals surface area contributed by atoms with Crippen LogP contribution in [0.15, 0.2) is 78.9 Å². The molecular formula is C30H26N2O5. The highest BCUT2D eigenvalue weighted by Crippen LogP contribution is 2.60. The maximum absolute atomic E-state index is 13.6. The lowest BCUT2D eigenvalue weighted by atomic mass is 9.55. The minimum Gasteiger partial charge on any atom is -0.454 e. The fourth-order valence-electron chi connectivity index (χ4n) is 6.32. The van der Waals surface area contributed by atoms with Crippen LogP contribution in [0.25, 0.3) is 0 Å². The zero-order chi connectivity index (χ0) is 25.7. The highest BCUT2D eigenvalue weighted by atomic mass is 16.5. The highest BCUT2D eigenvalue weighted by molar-refractivity contribution is 6.09. The Morgan fingerprint density at radius 1 is 0.784 bits per heavy atom. The minimum absolute atomic E-state index is 0.231.